The average Bonchev–Trinajstić information content (AvgIpc) is 3.74. The molecule has 0 N–H and O–H groups in total. The average molecular weight is 462 g/mol. The molecule has 0 amide bonds. The molecule has 2 fully saturated rings. The van der Waals surface area contributed by atoms with Crippen LogP contribution in [0.15, 0.2) is 36.4 Å². The number of fused-ring (bicyclic) bond motifs is 1. The summed E-state index contributed by atoms with van der Waals surface area (Å²) in [5.74, 6) is 3.89. The van der Waals surface area contributed by atoms with E-state index in [2.05, 4.69) is 52.8 Å². The molecule has 0 radical (unpaired) electrons. The molecule has 1 saturated heterocycles. The lowest BCUT2D eigenvalue weighted by Crippen LogP contribution is -2.47. The van der Waals surface area contributed by atoms with Crippen molar-refractivity contribution in [1.29, 1.82) is 0 Å². The summed E-state index contributed by atoms with van der Waals surface area (Å²) in [6.45, 7) is 10.2. The Morgan fingerprint density at radius 2 is 1.53 bits per heavy atom. The monoisotopic (exact) mass is 461 g/mol. The summed E-state index contributed by atoms with van der Waals surface area (Å²) >= 11 is 0. The van der Waals surface area contributed by atoms with Crippen molar-refractivity contribution in [3.05, 3.63) is 42.2 Å². The first-order chi connectivity index (χ1) is 16.7. The van der Waals surface area contributed by atoms with Crippen molar-refractivity contribution in [3.8, 4) is 11.5 Å². The largest absolute Gasteiger partial charge is 0.493 e. The predicted molar refractivity (Wildman–Crippen MR) is 139 cm³/mol. The molecule has 0 unspecified atom stereocenters. The van der Waals surface area contributed by atoms with E-state index in [-0.39, 0.29) is 0 Å². The van der Waals surface area contributed by atoms with Crippen molar-refractivity contribution in [2.75, 3.05) is 68.2 Å². The third-order valence-electron chi connectivity index (χ3n) is 7.05. The minimum Gasteiger partial charge on any atom is -0.493 e. The van der Waals surface area contributed by atoms with E-state index in [1.54, 1.807) is 14.2 Å². The van der Waals surface area contributed by atoms with Crippen molar-refractivity contribution in [1.82, 2.24) is 9.97 Å². The molecule has 0 bridgehead atoms. The zero-order valence-electron chi connectivity index (χ0n) is 20.8. The Balaban J connectivity index is 1.45. The minimum absolute atomic E-state index is 0.485. The van der Waals surface area contributed by atoms with Gasteiger partial charge in [-0.05, 0) is 44.9 Å². The summed E-state index contributed by atoms with van der Waals surface area (Å²) in [7, 11) is 3.34. The Morgan fingerprint density at radius 3 is 2.18 bits per heavy atom. The van der Waals surface area contributed by atoms with Gasteiger partial charge < -0.3 is 24.2 Å². The lowest BCUT2D eigenvalue weighted by atomic mass is 10.1. The van der Waals surface area contributed by atoms with Crippen molar-refractivity contribution in [2.45, 2.75) is 32.6 Å². The normalized spacial score (nSPS) is 16.1. The van der Waals surface area contributed by atoms with Gasteiger partial charge in [-0.25, -0.2) is 9.97 Å². The van der Waals surface area contributed by atoms with Gasteiger partial charge in [0.15, 0.2) is 11.5 Å². The van der Waals surface area contributed by atoms with E-state index >= 15 is 0 Å². The molecule has 7 heteroatoms. The Hall–Kier alpha value is -3.22. The fourth-order valence-electron chi connectivity index (χ4n) is 4.94. The SMILES string of the molecule is CCN(CC)c1ccccc1N1CCN(c2nc(C3CC3)nc3cc(OC)c(OC)cc23)CC1. The maximum atomic E-state index is 5.60. The van der Waals surface area contributed by atoms with Crippen LogP contribution in [0.3, 0.4) is 0 Å². The van der Waals surface area contributed by atoms with Crippen LogP contribution in [0.25, 0.3) is 10.9 Å². The highest BCUT2D eigenvalue weighted by molar-refractivity contribution is 5.92. The summed E-state index contributed by atoms with van der Waals surface area (Å²) in [4.78, 5) is 17.3. The number of para-hydroxylation sites is 2. The quantitative estimate of drug-likeness (QED) is 0.482. The highest BCUT2D eigenvalue weighted by Gasteiger charge is 2.30. The molecule has 0 spiro atoms. The summed E-state index contributed by atoms with van der Waals surface area (Å²) < 4.78 is 11.1. The van der Waals surface area contributed by atoms with E-state index in [0.29, 0.717) is 17.4 Å². The summed E-state index contributed by atoms with van der Waals surface area (Å²) in [5, 5.41) is 1.03. The van der Waals surface area contributed by atoms with Crippen molar-refractivity contribution in [3.63, 3.8) is 0 Å². The molecular weight excluding hydrogens is 426 g/mol. The number of aromatic nitrogens is 2. The number of methoxy groups -OCH3 is 2. The standard InChI is InChI=1S/C27H35N5O2/c1-5-30(6-2)22-9-7-8-10-23(22)31-13-15-32(16-14-31)27-20-17-24(33-3)25(34-4)18-21(20)28-26(29-27)19-11-12-19/h7-10,17-19H,5-6,11-16H2,1-4H3. The van der Waals surface area contributed by atoms with Gasteiger partial charge in [-0.2, -0.15) is 0 Å². The number of hydrogen-bond donors (Lipinski definition) is 0. The Kier molecular flexibility index (Phi) is 6.35. The van der Waals surface area contributed by atoms with E-state index in [1.165, 1.54) is 24.2 Å². The lowest BCUT2D eigenvalue weighted by molar-refractivity contribution is 0.355. The smallest absolute Gasteiger partial charge is 0.162 e. The van der Waals surface area contributed by atoms with Crippen LogP contribution in [0.1, 0.15) is 38.4 Å². The van der Waals surface area contributed by atoms with Gasteiger partial charge in [0.25, 0.3) is 0 Å². The second kappa shape index (κ2) is 9.57. The molecule has 1 saturated carbocycles. The van der Waals surface area contributed by atoms with Crippen LogP contribution in [0.5, 0.6) is 11.5 Å². The third-order valence-corrected chi connectivity index (χ3v) is 7.05. The molecule has 1 aliphatic heterocycles. The van der Waals surface area contributed by atoms with Crippen molar-refractivity contribution < 1.29 is 9.47 Å². The number of rotatable bonds is 8. The Labute approximate surface area is 202 Å². The van der Waals surface area contributed by atoms with Gasteiger partial charge in [0.05, 0.1) is 31.1 Å². The van der Waals surface area contributed by atoms with Crippen molar-refractivity contribution >= 4 is 28.1 Å². The zero-order chi connectivity index (χ0) is 23.7. The van der Waals surface area contributed by atoms with Crippen LogP contribution in [0.4, 0.5) is 17.2 Å². The lowest BCUT2D eigenvalue weighted by Gasteiger charge is -2.39. The van der Waals surface area contributed by atoms with Gasteiger partial charge in [-0.15, -0.1) is 0 Å². The highest BCUT2D eigenvalue weighted by atomic mass is 16.5. The van der Waals surface area contributed by atoms with Crippen LogP contribution in [0.2, 0.25) is 0 Å². The summed E-state index contributed by atoms with van der Waals surface area (Å²) in [6, 6.07) is 12.8. The van der Waals surface area contributed by atoms with Gasteiger partial charge in [0, 0.05) is 56.6 Å². The first-order valence-corrected chi connectivity index (χ1v) is 12.4. The van der Waals surface area contributed by atoms with E-state index in [4.69, 9.17) is 19.4 Å². The highest BCUT2D eigenvalue weighted by Crippen LogP contribution is 2.42. The van der Waals surface area contributed by atoms with E-state index < -0.39 is 0 Å². The molecule has 180 valence electrons. The molecule has 34 heavy (non-hydrogen) atoms. The molecule has 2 aliphatic rings. The molecule has 2 aromatic carbocycles. The molecule has 0 atom stereocenters. The van der Waals surface area contributed by atoms with Crippen LogP contribution >= 0.6 is 0 Å². The fraction of sp³-hybridized carbons (Fsp3) is 0.481. The molecule has 3 aromatic rings. The minimum atomic E-state index is 0.485. The number of piperazine rings is 1. The van der Waals surface area contributed by atoms with Gasteiger partial charge in [-0.1, -0.05) is 12.1 Å². The fourth-order valence-corrected chi connectivity index (χ4v) is 4.94. The van der Waals surface area contributed by atoms with Crippen molar-refractivity contribution in [2.24, 2.45) is 0 Å². The Bertz CT molecular complexity index is 1150. The maximum Gasteiger partial charge on any atom is 0.162 e. The molecule has 1 aromatic heterocycles. The maximum absolute atomic E-state index is 5.60. The number of ether oxygens (including phenoxy) is 2. The van der Waals surface area contributed by atoms with Gasteiger partial charge in [0.2, 0.25) is 0 Å². The number of hydrogen-bond acceptors (Lipinski definition) is 7. The second-order valence-corrected chi connectivity index (χ2v) is 9.04. The molecule has 2 heterocycles. The summed E-state index contributed by atoms with van der Waals surface area (Å²) in [5.41, 5.74) is 3.57. The van der Waals surface area contributed by atoms with Crippen LogP contribution in [-0.4, -0.2) is 63.5 Å². The van der Waals surface area contributed by atoms with Gasteiger partial charge >= 0.3 is 0 Å². The van der Waals surface area contributed by atoms with Crippen LogP contribution in [0, 0.1) is 0 Å². The number of nitrogens with zero attached hydrogens (tertiary/aromatic N) is 5. The molecule has 5 rings (SSSR count). The van der Waals surface area contributed by atoms with Crippen LogP contribution < -0.4 is 24.2 Å². The molecule has 1 aliphatic carbocycles. The molecular formula is C27H35N5O2. The van der Waals surface area contributed by atoms with E-state index in [9.17, 15) is 0 Å². The third kappa shape index (κ3) is 4.19. The Morgan fingerprint density at radius 1 is 0.882 bits per heavy atom. The van der Waals surface area contributed by atoms with Crippen LogP contribution in [-0.2, 0) is 0 Å². The van der Waals surface area contributed by atoms with E-state index in [0.717, 1.165) is 61.8 Å². The topological polar surface area (TPSA) is 54.0 Å². The van der Waals surface area contributed by atoms with Gasteiger partial charge in [0.1, 0.15) is 11.6 Å². The predicted octanol–water partition coefficient (Wildman–Crippen LogP) is 4.70. The zero-order valence-corrected chi connectivity index (χ0v) is 20.8. The molecule has 7 nitrogen and oxygen atoms in total. The summed E-state index contributed by atoms with van der Waals surface area (Å²) in [6.07, 6.45) is 2.35. The second-order valence-electron chi connectivity index (χ2n) is 9.04. The number of anilines is 3. The first kappa shape index (κ1) is 22.6. The first-order valence-electron chi connectivity index (χ1n) is 12.4. The van der Waals surface area contributed by atoms with E-state index in [1.807, 2.05) is 12.1 Å². The van der Waals surface area contributed by atoms with Gasteiger partial charge in [-0.3, -0.25) is 0 Å². The number of benzene rings is 2.